The van der Waals surface area contributed by atoms with Gasteiger partial charge in [-0.25, -0.2) is 9.97 Å². The molecule has 0 radical (unpaired) electrons. The lowest BCUT2D eigenvalue weighted by Gasteiger charge is -2.21. The molecule has 2 aliphatic rings. The molecule has 2 N–H and O–H groups in total. The number of fused-ring (bicyclic) bond motifs is 1. The van der Waals surface area contributed by atoms with E-state index in [2.05, 4.69) is 25.4 Å². The van der Waals surface area contributed by atoms with E-state index in [1.165, 1.54) is 0 Å². The number of aromatic nitrogens is 6. The molecule has 1 aromatic carbocycles. The Morgan fingerprint density at radius 2 is 1.96 bits per heavy atom. The number of likely N-dealkylation sites (tertiary alicyclic amines) is 1. The number of aromatic hydroxyl groups is 1. The van der Waals surface area contributed by atoms with Crippen LogP contribution in [-0.2, 0) is 28.7 Å². The molecule has 2 aliphatic heterocycles. The number of halogens is 4. The first kappa shape index (κ1) is 35.7. The average Bonchev–Trinajstić information content (AvgIpc) is 3.69. The van der Waals surface area contributed by atoms with Crippen LogP contribution in [0.2, 0.25) is 5.02 Å². The summed E-state index contributed by atoms with van der Waals surface area (Å²) in [4.78, 5) is 55.7. The highest BCUT2D eigenvalue weighted by molar-refractivity contribution is 6.33. The zero-order valence-electron chi connectivity index (χ0n) is 28.1. The number of amides is 2. The standard InChI is InChI=1S/C34H34ClF3N8O5/c1-5-26-23(13-20-12-17(2)44(15-20)32(50)28-29(48)18(3)39-19(4)40-28)31(49)46-33(42-30(43-46)21-8-10-51-11-9-21)45(26)16-27(47)41-25-7-6-22(14-24(25)35)34(36,37)38/h6-8,13-14,17,48H,5,9-12,15-16H2,1-4H3,(H,41,47)/b20-13+/t17-/m1/s1. The maximum Gasteiger partial charge on any atom is 0.416 e. The number of rotatable bonds is 7. The third-order valence-electron chi connectivity index (χ3n) is 8.79. The van der Waals surface area contributed by atoms with Gasteiger partial charge >= 0.3 is 6.18 Å². The molecule has 0 saturated carbocycles. The normalized spacial score (nSPS) is 17.3. The van der Waals surface area contributed by atoms with Crippen molar-refractivity contribution in [3.8, 4) is 5.75 Å². The number of carbonyl (C=O) groups is 2. The summed E-state index contributed by atoms with van der Waals surface area (Å²) < 4.78 is 47.7. The third kappa shape index (κ3) is 7.10. The highest BCUT2D eigenvalue weighted by atomic mass is 35.5. The Kier molecular flexibility index (Phi) is 9.74. The van der Waals surface area contributed by atoms with Gasteiger partial charge < -0.3 is 24.6 Å². The summed E-state index contributed by atoms with van der Waals surface area (Å²) in [5.41, 5.74) is 0.896. The Labute approximate surface area is 294 Å². The number of nitrogens with zero attached hydrogens (tertiary/aromatic N) is 7. The molecule has 0 unspecified atom stereocenters. The van der Waals surface area contributed by atoms with E-state index in [0.717, 1.165) is 33.9 Å². The fourth-order valence-corrected chi connectivity index (χ4v) is 6.53. The van der Waals surface area contributed by atoms with Crippen molar-refractivity contribution in [3.05, 3.63) is 85.1 Å². The summed E-state index contributed by atoms with van der Waals surface area (Å²) in [7, 11) is 0. The molecule has 0 bridgehead atoms. The lowest BCUT2D eigenvalue weighted by atomic mass is 10.1. The van der Waals surface area contributed by atoms with Gasteiger partial charge in [-0.15, -0.1) is 5.10 Å². The van der Waals surface area contributed by atoms with Gasteiger partial charge in [0.05, 0.1) is 40.7 Å². The highest BCUT2D eigenvalue weighted by Gasteiger charge is 2.33. The van der Waals surface area contributed by atoms with Crippen molar-refractivity contribution in [2.45, 2.75) is 65.7 Å². The number of carbonyl (C=O) groups excluding carboxylic acids is 2. The first-order chi connectivity index (χ1) is 24.2. The minimum absolute atomic E-state index is 0.0218. The van der Waals surface area contributed by atoms with Gasteiger partial charge in [0, 0.05) is 18.3 Å². The Balaban J connectivity index is 1.40. The van der Waals surface area contributed by atoms with Crippen LogP contribution < -0.4 is 10.9 Å². The molecule has 0 aliphatic carbocycles. The summed E-state index contributed by atoms with van der Waals surface area (Å²) in [6.45, 7) is 7.42. The number of hydrogen-bond donors (Lipinski definition) is 2. The van der Waals surface area contributed by atoms with Crippen molar-refractivity contribution in [2.24, 2.45) is 0 Å². The Morgan fingerprint density at radius 3 is 2.63 bits per heavy atom. The zero-order chi connectivity index (χ0) is 36.8. The molecule has 1 atom stereocenters. The van der Waals surface area contributed by atoms with E-state index in [0.29, 0.717) is 43.4 Å². The van der Waals surface area contributed by atoms with Crippen LogP contribution in [0, 0.1) is 13.8 Å². The van der Waals surface area contributed by atoms with Crippen LogP contribution in [0.4, 0.5) is 18.9 Å². The number of benzene rings is 1. The van der Waals surface area contributed by atoms with Crippen molar-refractivity contribution in [2.75, 3.05) is 25.1 Å². The number of anilines is 1. The monoisotopic (exact) mass is 726 g/mol. The van der Waals surface area contributed by atoms with Crippen molar-refractivity contribution in [1.29, 1.82) is 0 Å². The Hall–Kier alpha value is -5.09. The molecule has 0 spiro atoms. The van der Waals surface area contributed by atoms with E-state index < -0.39 is 29.1 Å². The fraction of sp³-hybridized carbons (Fsp3) is 0.382. The molecule has 3 aromatic heterocycles. The van der Waals surface area contributed by atoms with E-state index >= 15 is 0 Å². The van der Waals surface area contributed by atoms with Crippen LogP contribution in [0.1, 0.15) is 71.3 Å². The van der Waals surface area contributed by atoms with Gasteiger partial charge in [-0.3, -0.25) is 14.4 Å². The van der Waals surface area contributed by atoms with Crippen molar-refractivity contribution < 1.29 is 32.6 Å². The predicted octanol–water partition coefficient (Wildman–Crippen LogP) is 5.00. The van der Waals surface area contributed by atoms with E-state index in [4.69, 9.17) is 16.3 Å². The second-order valence-electron chi connectivity index (χ2n) is 12.4. The van der Waals surface area contributed by atoms with Gasteiger partial charge in [-0.2, -0.15) is 22.7 Å². The maximum absolute atomic E-state index is 14.1. The average molecular weight is 727 g/mol. The molecule has 268 valence electrons. The van der Waals surface area contributed by atoms with Gasteiger partial charge in [0.25, 0.3) is 11.5 Å². The van der Waals surface area contributed by atoms with Crippen LogP contribution in [0.15, 0.2) is 34.6 Å². The fourth-order valence-electron chi connectivity index (χ4n) is 6.30. The lowest BCUT2D eigenvalue weighted by molar-refractivity contribution is -0.137. The number of ether oxygens (including phenoxy) is 1. The van der Waals surface area contributed by atoms with Gasteiger partial charge in [-0.1, -0.05) is 24.6 Å². The molecule has 13 nitrogen and oxygen atoms in total. The van der Waals surface area contributed by atoms with Gasteiger partial charge in [0.2, 0.25) is 11.7 Å². The van der Waals surface area contributed by atoms with Crippen LogP contribution in [0.5, 0.6) is 5.75 Å². The van der Waals surface area contributed by atoms with Crippen molar-refractivity contribution in [3.63, 3.8) is 0 Å². The summed E-state index contributed by atoms with van der Waals surface area (Å²) in [5.74, 6) is -0.683. The van der Waals surface area contributed by atoms with E-state index in [9.17, 15) is 32.7 Å². The summed E-state index contributed by atoms with van der Waals surface area (Å²) in [6.07, 6.45) is 0.105. The molecular formula is C34H34ClF3N8O5. The molecular weight excluding hydrogens is 693 g/mol. The summed E-state index contributed by atoms with van der Waals surface area (Å²) in [5, 5.41) is 17.4. The smallest absolute Gasteiger partial charge is 0.416 e. The second-order valence-corrected chi connectivity index (χ2v) is 12.8. The largest absolute Gasteiger partial charge is 0.504 e. The maximum atomic E-state index is 14.1. The molecule has 4 aromatic rings. The van der Waals surface area contributed by atoms with Crippen molar-refractivity contribution >= 4 is 46.5 Å². The third-order valence-corrected chi connectivity index (χ3v) is 9.11. The van der Waals surface area contributed by atoms with Crippen molar-refractivity contribution in [1.82, 2.24) is 34.0 Å². The molecule has 6 rings (SSSR count). The molecule has 1 fully saturated rings. The molecule has 2 amide bonds. The van der Waals surface area contributed by atoms with Crippen LogP contribution in [0.3, 0.4) is 0 Å². The van der Waals surface area contributed by atoms with Crippen LogP contribution in [-0.4, -0.2) is 76.8 Å². The summed E-state index contributed by atoms with van der Waals surface area (Å²) >= 11 is 6.11. The van der Waals surface area contributed by atoms with E-state index in [1.807, 2.05) is 19.9 Å². The minimum atomic E-state index is -4.61. The minimum Gasteiger partial charge on any atom is -0.504 e. The lowest BCUT2D eigenvalue weighted by Crippen LogP contribution is -2.34. The van der Waals surface area contributed by atoms with Crippen LogP contribution in [0.25, 0.3) is 17.4 Å². The molecule has 51 heavy (non-hydrogen) atoms. The summed E-state index contributed by atoms with van der Waals surface area (Å²) in [6, 6.07) is 2.32. The van der Waals surface area contributed by atoms with Crippen LogP contribution >= 0.6 is 11.6 Å². The molecule has 5 heterocycles. The van der Waals surface area contributed by atoms with Gasteiger partial charge in [0.15, 0.2) is 17.3 Å². The number of nitrogens with one attached hydrogen (secondary N) is 1. The number of aryl methyl sites for hydroxylation is 2. The number of alkyl halides is 3. The Bertz CT molecular complexity index is 2190. The first-order valence-electron chi connectivity index (χ1n) is 16.2. The molecule has 1 saturated heterocycles. The van der Waals surface area contributed by atoms with E-state index in [-0.39, 0.29) is 64.7 Å². The van der Waals surface area contributed by atoms with E-state index in [1.54, 1.807) is 29.4 Å². The number of hydrogen-bond acceptors (Lipinski definition) is 9. The predicted molar refractivity (Wildman–Crippen MR) is 181 cm³/mol. The Morgan fingerprint density at radius 1 is 1.20 bits per heavy atom. The quantitative estimate of drug-likeness (QED) is 0.268. The van der Waals surface area contributed by atoms with Gasteiger partial charge in [-0.05, 0) is 75.5 Å². The highest BCUT2D eigenvalue weighted by Crippen LogP contribution is 2.34. The SMILES string of the molecule is CCc1c(/C=C2\C[C@@H](C)N(C(=O)c3nc(C)nc(C)c3O)C2)c(=O)n2nc(C3=CCOCC3)nc2n1CC(=O)Nc1ccc(C(F)(F)F)cc1Cl. The molecule has 17 heteroatoms. The van der Waals surface area contributed by atoms with Gasteiger partial charge in [0.1, 0.15) is 12.4 Å². The topological polar surface area (TPSA) is 157 Å². The first-order valence-corrected chi connectivity index (χ1v) is 16.5. The second kappa shape index (κ2) is 13.9. The zero-order valence-corrected chi connectivity index (χ0v) is 28.9.